The first-order chi connectivity index (χ1) is 10.1. The molecule has 3 aromatic heterocycles. The molecule has 0 aliphatic heterocycles. The van der Waals surface area contributed by atoms with Gasteiger partial charge in [0.05, 0.1) is 16.8 Å². The van der Waals surface area contributed by atoms with Crippen molar-refractivity contribution in [3.05, 3.63) is 51.0 Å². The molecule has 108 valence electrons. The van der Waals surface area contributed by atoms with Crippen LogP contribution in [0.4, 0.5) is 0 Å². The molecule has 7 heteroatoms. The highest BCUT2D eigenvalue weighted by Crippen LogP contribution is 2.29. The van der Waals surface area contributed by atoms with Crippen LogP contribution in [0.2, 0.25) is 0 Å². The van der Waals surface area contributed by atoms with Crippen LogP contribution in [0.25, 0.3) is 10.2 Å². The van der Waals surface area contributed by atoms with E-state index in [2.05, 4.69) is 10.3 Å². The first-order valence-corrected chi connectivity index (χ1v) is 7.10. The van der Waals surface area contributed by atoms with Crippen molar-refractivity contribution in [3.63, 3.8) is 0 Å². The third-order valence-electron chi connectivity index (χ3n) is 3.04. The Balaban J connectivity index is 1.89. The summed E-state index contributed by atoms with van der Waals surface area (Å²) in [6.07, 6.45) is 0. The number of aromatic hydroxyl groups is 1. The van der Waals surface area contributed by atoms with E-state index in [-0.39, 0.29) is 17.9 Å². The minimum absolute atomic E-state index is 0.147. The van der Waals surface area contributed by atoms with Gasteiger partial charge >= 0.3 is 0 Å². The molecule has 0 radical (unpaired) electrons. The van der Waals surface area contributed by atoms with Crippen LogP contribution >= 0.6 is 11.3 Å². The number of fused-ring (bicyclic) bond motifs is 1. The molecule has 0 aromatic carbocycles. The second-order valence-electron chi connectivity index (χ2n) is 4.54. The van der Waals surface area contributed by atoms with Crippen LogP contribution in [-0.4, -0.2) is 16.0 Å². The van der Waals surface area contributed by atoms with Crippen LogP contribution in [0.3, 0.4) is 0 Å². The van der Waals surface area contributed by atoms with Crippen LogP contribution < -0.4 is 10.9 Å². The van der Waals surface area contributed by atoms with Gasteiger partial charge in [0.1, 0.15) is 17.1 Å². The number of thiophene rings is 1. The first kappa shape index (κ1) is 13.4. The Morgan fingerprint density at radius 3 is 2.95 bits per heavy atom. The van der Waals surface area contributed by atoms with E-state index in [0.29, 0.717) is 16.0 Å². The minimum Gasteiger partial charge on any atom is -0.505 e. The largest absolute Gasteiger partial charge is 0.505 e. The topological polar surface area (TPSA) is 95.3 Å². The number of aromatic amines is 1. The van der Waals surface area contributed by atoms with Gasteiger partial charge < -0.3 is 19.8 Å². The van der Waals surface area contributed by atoms with Gasteiger partial charge in [-0.1, -0.05) is 0 Å². The van der Waals surface area contributed by atoms with E-state index < -0.39 is 11.5 Å². The Morgan fingerprint density at radius 2 is 2.24 bits per heavy atom. The van der Waals surface area contributed by atoms with Crippen LogP contribution in [0.5, 0.6) is 5.75 Å². The van der Waals surface area contributed by atoms with E-state index in [0.717, 1.165) is 5.76 Å². The van der Waals surface area contributed by atoms with Crippen molar-refractivity contribution in [3.8, 4) is 5.75 Å². The fourth-order valence-corrected chi connectivity index (χ4v) is 2.84. The van der Waals surface area contributed by atoms with Crippen LogP contribution in [0.1, 0.15) is 21.9 Å². The van der Waals surface area contributed by atoms with Crippen LogP contribution in [0, 0.1) is 6.92 Å². The quantitative estimate of drug-likeness (QED) is 0.690. The average Bonchev–Trinajstić information content (AvgIpc) is 3.05. The summed E-state index contributed by atoms with van der Waals surface area (Å²) in [6, 6.07) is 5.19. The molecule has 0 saturated carbocycles. The summed E-state index contributed by atoms with van der Waals surface area (Å²) in [4.78, 5) is 26.6. The predicted molar refractivity (Wildman–Crippen MR) is 78.7 cm³/mol. The van der Waals surface area contributed by atoms with E-state index in [1.165, 1.54) is 11.3 Å². The number of H-pyrrole nitrogens is 1. The maximum atomic E-state index is 12.1. The van der Waals surface area contributed by atoms with Crippen molar-refractivity contribution >= 4 is 27.5 Å². The molecule has 6 nitrogen and oxygen atoms in total. The van der Waals surface area contributed by atoms with Crippen molar-refractivity contribution in [2.45, 2.75) is 13.5 Å². The summed E-state index contributed by atoms with van der Waals surface area (Å²) in [7, 11) is 0. The van der Waals surface area contributed by atoms with Crippen LogP contribution in [-0.2, 0) is 6.54 Å². The number of carbonyl (C=O) groups excluding carboxylic acids is 1. The van der Waals surface area contributed by atoms with Crippen molar-refractivity contribution in [2.24, 2.45) is 0 Å². The highest BCUT2D eigenvalue weighted by molar-refractivity contribution is 7.17. The molecule has 3 N–H and O–H groups in total. The molecule has 1 amide bonds. The molecule has 0 fully saturated rings. The minimum atomic E-state index is -0.641. The smallest absolute Gasteiger partial charge is 0.265 e. The zero-order chi connectivity index (χ0) is 15.0. The second-order valence-corrected chi connectivity index (χ2v) is 5.45. The van der Waals surface area contributed by atoms with Crippen molar-refractivity contribution in [2.75, 3.05) is 0 Å². The lowest BCUT2D eigenvalue weighted by molar-refractivity contribution is 0.0944. The maximum Gasteiger partial charge on any atom is 0.265 e. The summed E-state index contributed by atoms with van der Waals surface area (Å²) in [5, 5.41) is 14.4. The third kappa shape index (κ3) is 2.43. The normalized spacial score (nSPS) is 10.9. The Hall–Kier alpha value is -2.54. The fraction of sp³-hybridized carbons (Fsp3) is 0.143. The summed E-state index contributed by atoms with van der Waals surface area (Å²) in [5.41, 5.74) is -0.388. The fourth-order valence-electron chi connectivity index (χ4n) is 2.04. The number of aryl methyl sites for hydroxylation is 1. The number of rotatable bonds is 3. The van der Waals surface area contributed by atoms with Gasteiger partial charge in [0.25, 0.3) is 11.5 Å². The molecular formula is C14H12N2O4S. The monoisotopic (exact) mass is 304 g/mol. The van der Waals surface area contributed by atoms with Gasteiger partial charge in [-0.15, -0.1) is 11.3 Å². The molecule has 3 aromatic rings. The Labute approximate surface area is 123 Å². The maximum absolute atomic E-state index is 12.1. The molecule has 0 atom stereocenters. The molecule has 0 saturated heterocycles. The SMILES string of the molecule is Cc1ccc(CNC(=O)c2c(O)c3sccc3[nH]c2=O)o1. The molecule has 21 heavy (non-hydrogen) atoms. The zero-order valence-electron chi connectivity index (χ0n) is 11.1. The number of hydrogen-bond acceptors (Lipinski definition) is 5. The second kappa shape index (κ2) is 5.10. The zero-order valence-corrected chi connectivity index (χ0v) is 11.9. The average molecular weight is 304 g/mol. The first-order valence-electron chi connectivity index (χ1n) is 6.22. The van der Waals surface area contributed by atoms with E-state index in [4.69, 9.17) is 4.42 Å². The summed E-state index contributed by atoms with van der Waals surface area (Å²) < 4.78 is 5.81. The lowest BCUT2D eigenvalue weighted by Crippen LogP contribution is -2.29. The van der Waals surface area contributed by atoms with E-state index in [1.807, 2.05) is 0 Å². The lowest BCUT2D eigenvalue weighted by atomic mass is 10.2. The highest BCUT2D eigenvalue weighted by atomic mass is 32.1. The molecule has 0 spiro atoms. The molecule has 0 aliphatic carbocycles. The van der Waals surface area contributed by atoms with Crippen LogP contribution in [0.15, 0.2) is 32.8 Å². The third-order valence-corrected chi connectivity index (χ3v) is 3.96. The summed E-state index contributed by atoms with van der Waals surface area (Å²) >= 11 is 1.25. The van der Waals surface area contributed by atoms with Gasteiger partial charge in [-0.3, -0.25) is 9.59 Å². The van der Waals surface area contributed by atoms with Crippen molar-refractivity contribution < 1.29 is 14.3 Å². The van der Waals surface area contributed by atoms with Gasteiger partial charge in [0, 0.05) is 0 Å². The van der Waals surface area contributed by atoms with Gasteiger partial charge in [-0.2, -0.15) is 0 Å². The van der Waals surface area contributed by atoms with Crippen molar-refractivity contribution in [1.82, 2.24) is 10.3 Å². The summed E-state index contributed by atoms with van der Waals surface area (Å²) in [6.45, 7) is 1.95. The Morgan fingerprint density at radius 1 is 1.43 bits per heavy atom. The number of pyridine rings is 1. The number of aromatic nitrogens is 1. The number of carbonyl (C=O) groups is 1. The van der Waals surface area contributed by atoms with Gasteiger partial charge in [-0.25, -0.2) is 0 Å². The standard InChI is InChI=1S/C14H12N2O4S/c1-7-2-3-8(20-7)6-15-13(18)10-11(17)12-9(4-5-21-12)16-14(10)19/h2-5H,6H2,1H3,(H,15,18)(H2,16,17,19). The lowest BCUT2D eigenvalue weighted by Gasteiger charge is -2.05. The van der Waals surface area contributed by atoms with Crippen molar-refractivity contribution in [1.29, 1.82) is 0 Å². The molecule has 0 bridgehead atoms. The van der Waals surface area contributed by atoms with Gasteiger partial charge in [0.2, 0.25) is 0 Å². The number of nitrogens with one attached hydrogen (secondary N) is 2. The van der Waals surface area contributed by atoms with Gasteiger partial charge in [-0.05, 0) is 30.5 Å². The van der Waals surface area contributed by atoms with E-state index in [9.17, 15) is 14.7 Å². The molecule has 3 heterocycles. The summed E-state index contributed by atoms with van der Waals surface area (Å²) in [5.74, 6) is 0.379. The Bertz CT molecular complexity index is 875. The Kier molecular flexibility index (Phi) is 3.26. The number of amides is 1. The van der Waals surface area contributed by atoms with E-state index in [1.54, 1.807) is 30.5 Å². The number of furan rings is 1. The predicted octanol–water partition coefficient (Wildman–Crippen LogP) is 2.13. The van der Waals surface area contributed by atoms with E-state index >= 15 is 0 Å². The van der Waals surface area contributed by atoms with Gasteiger partial charge in [0.15, 0.2) is 5.75 Å². The molecule has 3 rings (SSSR count). The molecular weight excluding hydrogens is 292 g/mol. The highest BCUT2D eigenvalue weighted by Gasteiger charge is 2.19. The number of hydrogen-bond donors (Lipinski definition) is 3. The molecule has 0 aliphatic rings. The molecule has 0 unspecified atom stereocenters.